The Balaban J connectivity index is 1.92. The number of nitrogens with zero attached hydrogens (tertiary/aromatic N) is 1. The van der Waals surface area contributed by atoms with Crippen LogP contribution < -0.4 is 5.32 Å². The Kier molecular flexibility index (Phi) is 6.89. The van der Waals surface area contributed by atoms with E-state index in [2.05, 4.69) is 5.32 Å². The number of fused-ring (bicyclic) bond motifs is 1. The first-order valence-corrected chi connectivity index (χ1v) is 11.5. The van der Waals surface area contributed by atoms with Crippen molar-refractivity contribution in [3.63, 3.8) is 0 Å². The highest BCUT2D eigenvalue weighted by molar-refractivity contribution is 7.89. The second-order valence-corrected chi connectivity index (χ2v) is 8.91. The molecule has 160 valence electrons. The second kappa shape index (κ2) is 9.40. The van der Waals surface area contributed by atoms with E-state index in [1.165, 1.54) is 16.4 Å². The topological polar surface area (TPSA) is 92.8 Å². The fourth-order valence-corrected chi connectivity index (χ4v) is 5.21. The van der Waals surface area contributed by atoms with Gasteiger partial charge in [-0.2, -0.15) is 4.31 Å². The molecule has 2 aromatic carbocycles. The summed E-state index contributed by atoms with van der Waals surface area (Å²) in [7, 11) is -3.85. The van der Waals surface area contributed by atoms with Crippen molar-refractivity contribution in [2.75, 3.05) is 18.5 Å². The summed E-state index contributed by atoms with van der Waals surface area (Å²) in [6.07, 6.45) is 0.858. The summed E-state index contributed by atoms with van der Waals surface area (Å²) in [6, 6.07) is 13.0. The smallest absolute Gasteiger partial charge is 0.307 e. The average Bonchev–Trinajstić information content (AvgIpc) is 2.74. The maximum absolute atomic E-state index is 13.4. The molecule has 1 amide bonds. The average molecular weight is 431 g/mol. The minimum atomic E-state index is -3.85. The molecule has 1 N–H and O–H groups in total. The molecular formula is C22H26N2O5S. The van der Waals surface area contributed by atoms with Gasteiger partial charge in [0.15, 0.2) is 0 Å². The number of nitrogens with one attached hydrogen (secondary N) is 1. The molecule has 1 aliphatic heterocycles. The zero-order valence-corrected chi connectivity index (χ0v) is 17.9. The fraction of sp³-hybridized carbons (Fsp3) is 0.364. The van der Waals surface area contributed by atoms with Crippen molar-refractivity contribution < 1.29 is 22.7 Å². The van der Waals surface area contributed by atoms with Crippen molar-refractivity contribution in [3.8, 4) is 0 Å². The number of carbonyl (C=O) groups excluding carboxylic acids is 2. The zero-order valence-electron chi connectivity index (χ0n) is 17.1. The van der Waals surface area contributed by atoms with E-state index in [0.29, 0.717) is 18.5 Å². The monoisotopic (exact) mass is 430 g/mol. The maximum Gasteiger partial charge on any atom is 0.307 e. The van der Waals surface area contributed by atoms with Crippen molar-refractivity contribution in [2.24, 2.45) is 0 Å². The molecule has 0 saturated heterocycles. The lowest BCUT2D eigenvalue weighted by Crippen LogP contribution is -2.41. The first-order valence-electron chi connectivity index (χ1n) is 10.0. The molecule has 0 fully saturated rings. The Morgan fingerprint density at radius 2 is 1.80 bits per heavy atom. The van der Waals surface area contributed by atoms with Crippen LogP contribution >= 0.6 is 0 Å². The van der Waals surface area contributed by atoms with Crippen LogP contribution in [0.25, 0.3) is 0 Å². The first-order chi connectivity index (χ1) is 14.4. The van der Waals surface area contributed by atoms with E-state index in [-0.39, 0.29) is 30.4 Å². The minimum Gasteiger partial charge on any atom is -0.466 e. The molecular weight excluding hydrogens is 404 g/mol. The van der Waals surface area contributed by atoms with Gasteiger partial charge in [0.1, 0.15) is 0 Å². The highest BCUT2D eigenvalue weighted by Crippen LogP contribution is 2.36. The molecule has 1 atom stereocenters. The van der Waals surface area contributed by atoms with Crippen LogP contribution in [0.5, 0.6) is 0 Å². The molecule has 0 unspecified atom stereocenters. The molecule has 1 heterocycles. The molecule has 0 saturated carbocycles. The third-order valence-corrected chi connectivity index (χ3v) is 7.02. The van der Waals surface area contributed by atoms with Gasteiger partial charge in [0.05, 0.1) is 24.0 Å². The van der Waals surface area contributed by atoms with Crippen molar-refractivity contribution >= 4 is 27.6 Å². The molecule has 3 rings (SSSR count). The lowest BCUT2D eigenvalue weighted by atomic mass is 9.92. The molecule has 1 aliphatic rings. The Hall–Kier alpha value is -2.71. The standard InChI is InChI=1S/C22H26N2O5S/c1-3-21(25)23-17-9-11-18(12-10-17)30(27,28)24-14-13-16-7-5-6-8-19(16)20(24)15-22(26)29-4-2/h5-12,20H,3-4,13-15H2,1-2H3,(H,23,25)/t20-/m1/s1. The van der Waals surface area contributed by atoms with E-state index in [1.54, 1.807) is 26.0 Å². The molecule has 7 nitrogen and oxygen atoms in total. The van der Waals surface area contributed by atoms with Gasteiger partial charge in [0.2, 0.25) is 15.9 Å². The van der Waals surface area contributed by atoms with Crippen LogP contribution in [-0.2, 0) is 30.8 Å². The van der Waals surface area contributed by atoms with Gasteiger partial charge in [-0.1, -0.05) is 31.2 Å². The summed E-state index contributed by atoms with van der Waals surface area (Å²) in [6.45, 7) is 3.98. The quantitative estimate of drug-likeness (QED) is 0.681. The van der Waals surface area contributed by atoms with Gasteiger partial charge in [0, 0.05) is 18.7 Å². The van der Waals surface area contributed by atoms with Gasteiger partial charge >= 0.3 is 5.97 Å². The predicted octanol–water partition coefficient (Wildman–Crippen LogP) is 3.28. The third kappa shape index (κ3) is 4.71. The summed E-state index contributed by atoms with van der Waals surface area (Å²) in [4.78, 5) is 23.9. The lowest BCUT2D eigenvalue weighted by molar-refractivity contribution is -0.144. The Morgan fingerprint density at radius 1 is 1.10 bits per heavy atom. The number of sulfonamides is 1. The van der Waals surface area contributed by atoms with E-state index < -0.39 is 22.0 Å². The summed E-state index contributed by atoms with van der Waals surface area (Å²) in [5.41, 5.74) is 2.40. The third-order valence-electron chi connectivity index (χ3n) is 5.09. The Bertz CT molecular complexity index is 1020. The minimum absolute atomic E-state index is 0.0469. The number of hydrogen-bond donors (Lipinski definition) is 1. The Labute approximate surface area is 177 Å². The number of esters is 1. The van der Waals surface area contributed by atoms with Gasteiger partial charge in [-0.3, -0.25) is 9.59 Å². The number of rotatable bonds is 7. The fourth-order valence-electron chi connectivity index (χ4n) is 3.60. The molecule has 30 heavy (non-hydrogen) atoms. The largest absolute Gasteiger partial charge is 0.466 e. The Morgan fingerprint density at radius 3 is 2.47 bits per heavy atom. The normalized spacial score (nSPS) is 16.5. The van der Waals surface area contributed by atoms with E-state index in [1.807, 2.05) is 24.3 Å². The van der Waals surface area contributed by atoms with E-state index in [0.717, 1.165) is 11.1 Å². The highest BCUT2D eigenvalue weighted by Gasteiger charge is 2.37. The molecule has 8 heteroatoms. The van der Waals surface area contributed by atoms with Crippen LogP contribution in [0.1, 0.15) is 43.9 Å². The van der Waals surface area contributed by atoms with E-state index >= 15 is 0 Å². The van der Waals surface area contributed by atoms with Crippen molar-refractivity contribution in [1.29, 1.82) is 0 Å². The van der Waals surface area contributed by atoms with Crippen LogP contribution in [0.3, 0.4) is 0 Å². The molecule has 0 spiro atoms. The molecule has 0 aromatic heterocycles. The first kappa shape index (κ1) is 22.0. The predicted molar refractivity (Wildman–Crippen MR) is 113 cm³/mol. The molecule has 0 bridgehead atoms. The number of hydrogen-bond acceptors (Lipinski definition) is 5. The highest BCUT2D eigenvalue weighted by atomic mass is 32.2. The van der Waals surface area contributed by atoms with Crippen LogP contribution in [0, 0.1) is 0 Å². The summed E-state index contributed by atoms with van der Waals surface area (Å²) in [5.74, 6) is -0.579. The number of ether oxygens (including phenoxy) is 1. The number of amides is 1. The maximum atomic E-state index is 13.4. The number of carbonyl (C=O) groups is 2. The summed E-state index contributed by atoms with van der Waals surface area (Å²) >= 11 is 0. The zero-order chi connectivity index (χ0) is 21.7. The van der Waals surface area contributed by atoms with Crippen LogP contribution in [0.15, 0.2) is 53.4 Å². The van der Waals surface area contributed by atoms with E-state index in [9.17, 15) is 18.0 Å². The van der Waals surface area contributed by atoms with E-state index in [4.69, 9.17) is 4.74 Å². The summed E-state index contributed by atoms with van der Waals surface area (Å²) < 4.78 is 33.3. The van der Waals surface area contributed by atoms with Gasteiger partial charge in [-0.15, -0.1) is 0 Å². The number of benzene rings is 2. The van der Waals surface area contributed by atoms with Crippen LogP contribution in [-0.4, -0.2) is 37.8 Å². The van der Waals surface area contributed by atoms with Gasteiger partial charge in [-0.05, 0) is 48.7 Å². The molecule has 0 aliphatic carbocycles. The van der Waals surface area contributed by atoms with Gasteiger partial charge < -0.3 is 10.1 Å². The van der Waals surface area contributed by atoms with Crippen molar-refractivity contribution in [2.45, 2.75) is 44.0 Å². The SMILES string of the molecule is CCOC(=O)C[C@@H]1c2ccccc2CCN1S(=O)(=O)c1ccc(NC(=O)CC)cc1. The molecule has 0 radical (unpaired) electrons. The second-order valence-electron chi connectivity index (χ2n) is 7.02. The van der Waals surface area contributed by atoms with Crippen LogP contribution in [0.2, 0.25) is 0 Å². The molecule has 2 aromatic rings. The number of anilines is 1. The summed E-state index contributed by atoms with van der Waals surface area (Å²) in [5, 5.41) is 2.70. The van der Waals surface area contributed by atoms with Crippen molar-refractivity contribution in [3.05, 3.63) is 59.7 Å². The van der Waals surface area contributed by atoms with Crippen LogP contribution in [0.4, 0.5) is 5.69 Å². The van der Waals surface area contributed by atoms with Crippen molar-refractivity contribution in [1.82, 2.24) is 4.31 Å². The van der Waals surface area contributed by atoms with Gasteiger partial charge in [0.25, 0.3) is 0 Å². The lowest BCUT2D eigenvalue weighted by Gasteiger charge is -2.36. The van der Waals surface area contributed by atoms with Gasteiger partial charge in [-0.25, -0.2) is 8.42 Å².